The Kier molecular flexibility index (Phi) is 3.46. The van der Waals surface area contributed by atoms with Crippen LogP contribution in [0, 0.1) is 0 Å². The maximum atomic E-state index is 10.8. The van der Waals surface area contributed by atoms with Gasteiger partial charge in [-0.1, -0.05) is 0 Å². The summed E-state index contributed by atoms with van der Waals surface area (Å²) in [5, 5.41) is 10.8. The highest BCUT2D eigenvalue weighted by Gasteiger charge is 2.20. The average molecular weight is 241 g/mol. The Hall–Kier alpha value is -1.07. The van der Waals surface area contributed by atoms with Gasteiger partial charge in [0, 0.05) is 37.4 Å². The minimum absolute atomic E-state index is 0.397. The second kappa shape index (κ2) is 4.84. The van der Waals surface area contributed by atoms with Crippen molar-refractivity contribution in [1.82, 2.24) is 0 Å². The molecule has 0 bridgehead atoms. The van der Waals surface area contributed by atoms with Crippen molar-refractivity contribution in [2.24, 2.45) is 0 Å². The first kappa shape index (κ1) is 11.4. The highest BCUT2D eigenvalue weighted by Crippen LogP contribution is 2.26. The van der Waals surface area contributed by atoms with Crippen molar-refractivity contribution in [3.05, 3.63) is 16.3 Å². The van der Waals surface area contributed by atoms with Crippen molar-refractivity contribution in [1.29, 1.82) is 0 Å². The first-order chi connectivity index (χ1) is 7.68. The highest BCUT2D eigenvalue weighted by atomic mass is 32.1. The molecule has 5 heteroatoms. The average Bonchev–Trinajstić information content (AvgIpc) is 2.78. The van der Waals surface area contributed by atoms with Gasteiger partial charge in [0.1, 0.15) is 4.88 Å². The number of rotatable bonds is 3. The molecule has 1 fully saturated rings. The van der Waals surface area contributed by atoms with Crippen LogP contribution in [-0.2, 0) is 4.74 Å². The predicted octanol–water partition coefficient (Wildman–Crippen LogP) is 2.06. The van der Waals surface area contributed by atoms with E-state index in [-0.39, 0.29) is 0 Å². The summed E-state index contributed by atoms with van der Waals surface area (Å²) in [6, 6.07) is 2.20. The molecule has 0 amide bonds. The molecule has 1 saturated heterocycles. The van der Waals surface area contributed by atoms with Crippen molar-refractivity contribution in [3.63, 3.8) is 0 Å². The Labute approximate surface area is 98.4 Å². The molecule has 1 aliphatic rings. The molecule has 1 aliphatic heterocycles. The molecule has 1 N–H and O–H groups in total. The van der Waals surface area contributed by atoms with Gasteiger partial charge in [0.05, 0.1) is 0 Å². The molecule has 2 heterocycles. The molecule has 88 valence electrons. The third kappa shape index (κ3) is 2.36. The van der Waals surface area contributed by atoms with E-state index in [4.69, 9.17) is 9.84 Å². The van der Waals surface area contributed by atoms with Crippen molar-refractivity contribution in [2.75, 3.05) is 25.2 Å². The number of ether oxygens (including phenoxy) is 1. The number of hydrogen-bond donors (Lipinski definition) is 1. The molecule has 0 spiro atoms. The number of aromatic carboxylic acids is 1. The lowest BCUT2D eigenvalue weighted by Crippen LogP contribution is -2.36. The van der Waals surface area contributed by atoms with Crippen LogP contribution in [0.25, 0.3) is 0 Å². The predicted molar refractivity (Wildman–Crippen MR) is 63.5 cm³/mol. The number of thiophene rings is 1. The molecule has 16 heavy (non-hydrogen) atoms. The standard InChI is InChI=1S/C11H15NO3S/c1-12(8-2-4-15-5-3-8)9-6-10(11(13)14)16-7-9/h6-8H,2-5H2,1H3,(H,13,14). The number of carboxylic acids is 1. The first-order valence-corrected chi connectivity index (χ1v) is 6.19. The molecule has 2 rings (SSSR count). The molecule has 1 aromatic rings. The van der Waals surface area contributed by atoms with Crippen LogP contribution < -0.4 is 4.90 Å². The minimum atomic E-state index is -0.850. The van der Waals surface area contributed by atoms with E-state index >= 15 is 0 Å². The summed E-state index contributed by atoms with van der Waals surface area (Å²) in [6.07, 6.45) is 2.02. The van der Waals surface area contributed by atoms with Gasteiger partial charge in [0.2, 0.25) is 0 Å². The summed E-state index contributed by atoms with van der Waals surface area (Å²) in [7, 11) is 2.02. The highest BCUT2D eigenvalue weighted by molar-refractivity contribution is 7.12. The molecule has 0 unspecified atom stereocenters. The molecule has 0 radical (unpaired) electrons. The number of nitrogens with zero attached hydrogens (tertiary/aromatic N) is 1. The van der Waals surface area contributed by atoms with Gasteiger partial charge in [-0.25, -0.2) is 4.79 Å². The van der Waals surface area contributed by atoms with Crippen LogP contribution in [0.2, 0.25) is 0 Å². The SMILES string of the molecule is CN(c1csc(C(=O)O)c1)C1CCOCC1. The quantitative estimate of drug-likeness (QED) is 0.880. The zero-order valence-electron chi connectivity index (χ0n) is 9.18. The lowest BCUT2D eigenvalue weighted by atomic mass is 10.1. The van der Waals surface area contributed by atoms with Crippen molar-refractivity contribution >= 4 is 23.0 Å². The van der Waals surface area contributed by atoms with Gasteiger partial charge in [-0.3, -0.25) is 0 Å². The zero-order valence-corrected chi connectivity index (χ0v) is 10.00. The second-order valence-electron chi connectivity index (χ2n) is 3.93. The number of carbonyl (C=O) groups is 1. The molecule has 0 saturated carbocycles. The molecule has 0 aromatic carbocycles. The van der Waals surface area contributed by atoms with E-state index in [2.05, 4.69) is 4.90 Å². The second-order valence-corrected chi connectivity index (χ2v) is 4.84. The van der Waals surface area contributed by atoms with Gasteiger partial charge in [0.25, 0.3) is 0 Å². The molecule has 0 aliphatic carbocycles. The van der Waals surface area contributed by atoms with Crippen LogP contribution in [0.5, 0.6) is 0 Å². The van der Waals surface area contributed by atoms with E-state index in [0.29, 0.717) is 10.9 Å². The van der Waals surface area contributed by atoms with Gasteiger partial charge in [0.15, 0.2) is 0 Å². The zero-order chi connectivity index (χ0) is 11.5. The van der Waals surface area contributed by atoms with E-state index < -0.39 is 5.97 Å². The fourth-order valence-corrected chi connectivity index (χ4v) is 2.68. The summed E-state index contributed by atoms with van der Waals surface area (Å²) < 4.78 is 5.31. The molecular formula is C11H15NO3S. The van der Waals surface area contributed by atoms with Gasteiger partial charge < -0.3 is 14.7 Å². The van der Waals surface area contributed by atoms with Crippen molar-refractivity contribution in [2.45, 2.75) is 18.9 Å². The van der Waals surface area contributed by atoms with E-state index in [1.807, 2.05) is 12.4 Å². The van der Waals surface area contributed by atoms with Crippen LogP contribution in [0.4, 0.5) is 5.69 Å². The molecular weight excluding hydrogens is 226 g/mol. The Morgan fingerprint density at radius 3 is 2.81 bits per heavy atom. The maximum absolute atomic E-state index is 10.8. The van der Waals surface area contributed by atoms with Gasteiger partial charge >= 0.3 is 5.97 Å². The Bertz CT molecular complexity index is 371. The van der Waals surface area contributed by atoms with Crippen LogP contribution in [0.1, 0.15) is 22.5 Å². The lowest BCUT2D eigenvalue weighted by Gasteiger charge is -2.32. The van der Waals surface area contributed by atoms with Gasteiger partial charge in [-0.15, -0.1) is 11.3 Å². The molecule has 4 nitrogen and oxygen atoms in total. The van der Waals surface area contributed by atoms with Crippen LogP contribution in [-0.4, -0.2) is 37.4 Å². The van der Waals surface area contributed by atoms with E-state index in [9.17, 15) is 4.79 Å². The summed E-state index contributed by atoms with van der Waals surface area (Å²) in [4.78, 5) is 13.3. The van der Waals surface area contributed by atoms with Crippen LogP contribution in [0.3, 0.4) is 0 Å². The largest absolute Gasteiger partial charge is 0.477 e. The van der Waals surface area contributed by atoms with Crippen molar-refractivity contribution < 1.29 is 14.6 Å². The van der Waals surface area contributed by atoms with E-state index in [1.165, 1.54) is 11.3 Å². The minimum Gasteiger partial charge on any atom is -0.477 e. The lowest BCUT2D eigenvalue weighted by molar-refractivity contribution is 0.0702. The Balaban J connectivity index is 2.07. The topological polar surface area (TPSA) is 49.8 Å². The van der Waals surface area contributed by atoms with Crippen LogP contribution in [0.15, 0.2) is 11.4 Å². The molecule has 0 atom stereocenters. The third-order valence-electron chi connectivity index (χ3n) is 2.94. The van der Waals surface area contributed by atoms with Crippen LogP contribution >= 0.6 is 11.3 Å². The number of hydrogen-bond acceptors (Lipinski definition) is 4. The fourth-order valence-electron chi connectivity index (χ4n) is 1.91. The normalized spacial score (nSPS) is 17.3. The Morgan fingerprint density at radius 1 is 1.56 bits per heavy atom. The summed E-state index contributed by atoms with van der Waals surface area (Å²) in [5.74, 6) is -0.850. The Morgan fingerprint density at radius 2 is 2.25 bits per heavy atom. The van der Waals surface area contributed by atoms with E-state index in [0.717, 1.165) is 31.7 Å². The summed E-state index contributed by atoms with van der Waals surface area (Å²) in [6.45, 7) is 1.59. The third-order valence-corrected chi connectivity index (χ3v) is 3.85. The monoisotopic (exact) mass is 241 g/mol. The van der Waals surface area contributed by atoms with Crippen molar-refractivity contribution in [3.8, 4) is 0 Å². The van der Waals surface area contributed by atoms with E-state index in [1.54, 1.807) is 6.07 Å². The maximum Gasteiger partial charge on any atom is 0.345 e. The number of anilines is 1. The summed E-state index contributed by atoms with van der Waals surface area (Å²) in [5.41, 5.74) is 0.995. The number of carboxylic acid groups (broad SMARTS) is 1. The fraction of sp³-hybridized carbons (Fsp3) is 0.545. The molecule has 1 aromatic heterocycles. The summed E-state index contributed by atoms with van der Waals surface area (Å²) >= 11 is 1.28. The van der Waals surface area contributed by atoms with Gasteiger partial charge in [-0.2, -0.15) is 0 Å². The first-order valence-electron chi connectivity index (χ1n) is 5.31. The van der Waals surface area contributed by atoms with Gasteiger partial charge in [-0.05, 0) is 18.9 Å². The smallest absolute Gasteiger partial charge is 0.345 e.